The maximum Gasteiger partial charge on any atom is 0.214 e. The minimum Gasteiger partial charge on any atom is -0.351 e. The van der Waals surface area contributed by atoms with E-state index in [9.17, 15) is 8.78 Å². The van der Waals surface area contributed by atoms with Crippen LogP contribution in [0.4, 0.5) is 14.6 Å². The number of piperazine rings is 1. The SMILES string of the molecule is CC1CN(CCn2ccc3cc(F)ccc32)CCN1c1cccc(F)n1. The van der Waals surface area contributed by atoms with Gasteiger partial charge in [0.1, 0.15) is 11.6 Å². The van der Waals surface area contributed by atoms with Gasteiger partial charge in [0.05, 0.1) is 0 Å². The number of anilines is 1. The van der Waals surface area contributed by atoms with Gasteiger partial charge < -0.3 is 9.47 Å². The maximum atomic E-state index is 13.4. The fraction of sp³-hybridized carbons (Fsp3) is 0.350. The number of pyridine rings is 1. The summed E-state index contributed by atoms with van der Waals surface area (Å²) < 4.78 is 28.9. The van der Waals surface area contributed by atoms with Crippen LogP contribution >= 0.6 is 0 Å². The van der Waals surface area contributed by atoms with E-state index in [1.807, 2.05) is 24.4 Å². The molecule has 0 spiro atoms. The topological polar surface area (TPSA) is 24.3 Å². The van der Waals surface area contributed by atoms with Gasteiger partial charge in [-0.2, -0.15) is 4.39 Å². The minimum absolute atomic E-state index is 0.203. The van der Waals surface area contributed by atoms with Gasteiger partial charge in [0.25, 0.3) is 0 Å². The molecule has 1 atom stereocenters. The summed E-state index contributed by atoms with van der Waals surface area (Å²) in [6.45, 7) is 6.58. The molecular formula is C20H22F2N4. The van der Waals surface area contributed by atoms with Gasteiger partial charge in [-0.15, -0.1) is 0 Å². The van der Waals surface area contributed by atoms with Crippen molar-refractivity contribution in [3.63, 3.8) is 0 Å². The van der Waals surface area contributed by atoms with Crippen molar-refractivity contribution in [2.45, 2.75) is 19.5 Å². The average Bonchev–Trinajstić information content (AvgIpc) is 3.02. The molecule has 1 saturated heterocycles. The fourth-order valence-corrected chi connectivity index (χ4v) is 3.75. The molecule has 2 aromatic heterocycles. The Morgan fingerprint density at radius 1 is 1.08 bits per heavy atom. The van der Waals surface area contributed by atoms with Crippen LogP contribution in [0.3, 0.4) is 0 Å². The van der Waals surface area contributed by atoms with Crippen molar-refractivity contribution in [1.82, 2.24) is 14.5 Å². The molecule has 136 valence electrons. The van der Waals surface area contributed by atoms with Gasteiger partial charge in [-0.1, -0.05) is 6.07 Å². The van der Waals surface area contributed by atoms with Crippen LogP contribution in [0, 0.1) is 11.8 Å². The highest BCUT2D eigenvalue weighted by Crippen LogP contribution is 2.20. The number of hydrogen-bond acceptors (Lipinski definition) is 3. The summed E-state index contributed by atoms with van der Waals surface area (Å²) in [6.07, 6.45) is 2.01. The van der Waals surface area contributed by atoms with Gasteiger partial charge in [0, 0.05) is 55.9 Å². The van der Waals surface area contributed by atoms with Gasteiger partial charge in [0.2, 0.25) is 5.95 Å². The second-order valence-corrected chi connectivity index (χ2v) is 6.87. The van der Waals surface area contributed by atoms with Crippen LogP contribution in [-0.4, -0.2) is 46.7 Å². The fourth-order valence-electron chi connectivity index (χ4n) is 3.75. The van der Waals surface area contributed by atoms with Crippen LogP contribution in [0.25, 0.3) is 10.9 Å². The molecule has 0 saturated carbocycles. The quantitative estimate of drug-likeness (QED) is 0.669. The van der Waals surface area contributed by atoms with Crippen LogP contribution in [-0.2, 0) is 6.54 Å². The van der Waals surface area contributed by atoms with E-state index in [2.05, 4.69) is 26.3 Å². The third-order valence-corrected chi connectivity index (χ3v) is 5.10. The lowest BCUT2D eigenvalue weighted by Gasteiger charge is -2.40. The van der Waals surface area contributed by atoms with Gasteiger partial charge in [-0.3, -0.25) is 4.90 Å². The number of rotatable bonds is 4. The monoisotopic (exact) mass is 356 g/mol. The van der Waals surface area contributed by atoms with E-state index in [4.69, 9.17) is 0 Å². The second kappa shape index (κ2) is 7.03. The Balaban J connectivity index is 1.38. The van der Waals surface area contributed by atoms with Crippen molar-refractivity contribution < 1.29 is 8.78 Å². The lowest BCUT2D eigenvalue weighted by Crippen LogP contribution is -2.52. The number of benzene rings is 1. The van der Waals surface area contributed by atoms with Crippen LogP contribution in [0.1, 0.15) is 6.92 Å². The zero-order chi connectivity index (χ0) is 18.1. The summed E-state index contributed by atoms with van der Waals surface area (Å²) in [5.41, 5.74) is 1.06. The largest absolute Gasteiger partial charge is 0.351 e. The average molecular weight is 356 g/mol. The lowest BCUT2D eigenvalue weighted by atomic mass is 10.2. The molecule has 1 aromatic carbocycles. The third kappa shape index (κ3) is 3.42. The van der Waals surface area contributed by atoms with Crippen LogP contribution in [0.5, 0.6) is 0 Å². The van der Waals surface area contributed by atoms with Crippen LogP contribution in [0.15, 0.2) is 48.7 Å². The standard InChI is InChI=1S/C20H22F2N4/c1-15-14-24(10-12-26(15)20-4-2-3-19(22)23-20)9-11-25-8-7-16-13-17(21)5-6-18(16)25/h2-8,13,15H,9-12,14H2,1H3. The molecule has 1 fully saturated rings. The van der Waals surface area contributed by atoms with Crippen LogP contribution in [0.2, 0.25) is 0 Å². The van der Waals surface area contributed by atoms with Gasteiger partial charge in [-0.25, -0.2) is 9.37 Å². The zero-order valence-corrected chi connectivity index (χ0v) is 14.8. The molecule has 0 radical (unpaired) electrons. The molecule has 1 aliphatic rings. The smallest absolute Gasteiger partial charge is 0.214 e. The molecule has 6 heteroatoms. The molecule has 0 bridgehead atoms. The maximum absolute atomic E-state index is 13.4. The minimum atomic E-state index is -0.437. The Morgan fingerprint density at radius 2 is 1.96 bits per heavy atom. The molecule has 26 heavy (non-hydrogen) atoms. The van der Waals surface area contributed by atoms with E-state index in [1.54, 1.807) is 12.1 Å². The van der Waals surface area contributed by atoms with Crippen molar-refractivity contribution in [3.05, 3.63) is 60.4 Å². The van der Waals surface area contributed by atoms with Gasteiger partial charge in [0.15, 0.2) is 0 Å². The van der Waals surface area contributed by atoms with Crippen molar-refractivity contribution in [3.8, 4) is 0 Å². The number of nitrogens with zero attached hydrogens (tertiary/aromatic N) is 4. The molecule has 3 heterocycles. The summed E-state index contributed by atoms with van der Waals surface area (Å²) in [5, 5.41) is 0.931. The molecule has 1 aliphatic heterocycles. The zero-order valence-electron chi connectivity index (χ0n) is 14.8. The molecule has 3 aromatic rings. The molecule has 0 amide bonds. The third-order valence-electron chi connectivity index (χ3n) is 5.10. The molecule has 4 nitrogen and oxygen atoms in total. The Bertz CT molecular complexity index is 908. The Kier molecular flexibility index (Phi) is 4.59. The van der Waals surface area contributed by atoms with E-state index in [0.29, 0.717) is 5.82 Å². The Hall–Kier alpha value is -2.47. The number of aromatic nitrogens is 2. The predicted octanol–water partition coefficient (Wildman–Crippen LogP) is 3.53. The summed E-state index contributed by atoms with van der Waals surface area (Å²) >= 11 is 0. The van der Waals surface area contributed by atoms with Crippen LogP contribution < -0.4 is 4.90 Å². The van der Waals surface area contributed by atoms with E-state index < -0.39 is 5.95 Å². The summed E-state index contributed by atoms with van der Waals surface area (Å²) in [4.78, 5) is 8.58. The number of hydrogen-bond donors (Lipinski definition) is 0. The summed E-state index contributed by atoms with van der Waals surface area (Å²) in [7, 11) is 0. The predicted molar refractivity (Wildman–Crippen MR) is 99.3 cm³/mol. The van der Waals surface area contributed by atoms with Crippen molar-refractivity contribution in [1.29, 1.82) is 0 Å². The van der Waals surface area contributed by atoms with E-state index in [-0.39, 0.29) is 11.9 Å². The van der Waals surface area contributed by atoms with E-state index >= 15 is 0 Å². The summed E-state index contributed by atoms with van der Waals surface area (Å²) in [5.74, 6) is 0.0646. The lowest BCUT2D eigenvalue weighted by molar-refractivity contribution is 0.221. The van der Waals surface area contributed by atoms with Crippen molar-refractivity contribution in [2.24, 2.45) is 0 Å². The second-order valence-electron chi connectivity index (χ2n) is 6.87. The van der Waals surface area contributed by atoms with Gasteiger partial charge in [-0.05, 0) is 43.3 Å². The normalized spacial score (nSPS) is 18.6. The molecule has 4 rings (SSSR count). The first-order valence-corrected chi connectivity index (χ1v) is 8.96. The van der Waals surface area contributed by atoms with Crippen molar-refractivity contribution in [2.75, 3.05) is 31.1 Å². The molecule has 0 N–H and O–H groups in total. The number of fused-ring (bicyclic) bond motifs is 1. The molecule has 0 aliphatic carbocycles. The number of halogens is 2. The van der Waals surface area contributed by atoms with E-state index in [1.165, 1.54) is 12.1 Å². The van der Waals surface area contributed by atoms with E-state index in [0.717, 1.165) is 43.6 Å². The molecule has 1 unspecified atom stereocenters. The van der Waals surface area contributed by atoms with Gasteiger partial charge >= 0.3 is 0 Å². The highest BCUT2D eigenvalue weighted by Gasteiger charge is 2.24. The Morgan fingerprint density at radius 3 is 2.77 bits per heavy atom. The highest BCUT2D eigenvalue weighted by atomic mass is 19.1. The summed E-state index contributed by atoms with van der Waals surface area (Å²) in [6, 6.07) is 12.1. The molecular weight excluding hydrogens is 334 g/mol. The first-order valence-electron chi connectivity index (χ1n) is 8.96. The first-order chi connectivity index (χ1) is 12.6. The first kappa shape index (κ1) is 17.0. The highest BCUT2D eigenvalue weighted by molar-refractivity contribution is 5.80. The van der Waals surface area contributed by atoms with Crippen molar-refractivity contribution >= 4 is 16.7 Å². The Labute approximate surface area is 151 Å².